The van der Waals surface area contributed by atoms with Crippen LogP contribution in [0.15, 0.2) is 0 Å². The Hall–Kier alpha value is 1.69. The van der Waals surface area contributed by atoms with Crippen molar-refractivity contribution < 1.29 is 26.6 Å². The molecule has 0 aliphatic carbocycles. The van der Waals surface area contributed by atoms with Gasteiger partial charge in [-0.2, -0.15) is 0 Å². The van der Waals surface area contributed by atoms with Crippen LogP contribution in [0.2, 0.25) is 22.0 Å². The van der Waals surface area contributed by atoms with Crippen LogP contribution in [0.5, 0.6) is 0 Å². The molecule has 0 aromatic heterocycles. The van der Waals surface area contributed by atoms with E-state index in [1.165, 1.54) is 0 Å². The summed E-state index contributed by atoms with van der Waals surface area (Å²) < 4.78 is 32.9. The summed E-state index contributed by atoms with van der Waals surface area (Å²) in [5.74, 6) is 2.29. The van der Waals surface area contributed by atoms with Crippen molar-refractivity contribution >= 4 is 51.1 Å². The Morgan fingerprint density at radius 2 is 0.880 bits per heavy atom. The van der Waals surface area contributed by atoms with Crippen LogP contribution in [-0.2, 0) is 26.6 Å². The molecule has 0 spiro atoms. The Balaban J connectivity index is 4.09. The van der Waals surface area contributed by atoms with E-state index in [-0.39, 0.29) is 0 Å². The average molecular weight is 539 g/mol. The summed E-state index contributed by atoms with van der Waals surface area (Å²) in [6, 6.07) is 1.75. The van der Waals surface area contributed by atoms with E-state index >= 15 is 0 Å². The molecule has 0 saturated carbocycles. The van der Waals surface area contributed by atoms with Crippen molar-refractivity contribution in [2.45, 2.75) is 34.8 Å². The molecule has 0 aliphatic rings. The van der Waals surface area contributed by atoms with Gasteiger partial charge in [-0.1, -0.05) is 0 Å². The second-order valence-corrected chi connectivity index (χ2v) is 41.8. The second kappa shape index (κ2) is 13.8. The van der Waals surface area contributed by atoms with Crippen LogP contribution in [0.1, 0.15) is 12.8 Å². The van der Waals surface area contributed by atoms with Crippen LogP contribution < -0.4 is 0 Å². The van der Waals surface area contributed by atoms with Gasteiger partial charge >= 0.3 is 167 Å². The first-order valence-electron chi connectivity index (χ1n) is 8.37. The molecule has 0 unspecified atom stereocenters. The normalized spacial score (nSPS) is 13.4. The van der Waals surface area contributed by atoms with E-state index in [9.17, 15) is 0 Å². The van der Waals surface area contributed by atoms with Crippen molar-refractivity contribution in [3.8, 4) is 0 Å². The zero-order valence-electron chi connectivity index (χ0n) is 17.0. The van der Waals surface area contributed by atoms with Gasteiger partial charge in [-0.3, -0.25) is 0 Å². The molecular weight excluding hydrogens is 503 g/mol. The van der Waals surface area contributed by atoms with E-state index in [1.54, 1.807) is 42.7 Å². The monoisotopic (exact) mass is 540 g/mol. The molecule has 0 N–H and O–H groups in total. The summed E-state index contributed by atoms with van der Waals surface area (Å²) in [4.78, 5) is 4.95. The Morgan fingerprint density at radius 1 is 0.600 bits per heavy atom. The Labute approximate surface area is 165 Å². The second-order valence-electron chi connectivity index (χ2n) is 5.89. The first-order chi connectivity index (χ1) is 11.8. The first kappa shape index (κ1) is 26.7. The maximum absolute atomic E-state index is 5.48. The molecule has 0 aromatic rings. The molecule has 6 nitrogen and oxygen atoms in total. The van der Waals surface area contributed by atoms with Crippen molar-refractivity contribution in [2.75, 3.05) is 54.2 Å². The molecule has 0 heterocycles. The van der Waals surface area contributed by atoms with E-state index in [1.807, 2.05) is 0 Å². The molecule has 0 saturated heterocycles. The van der Waals surface area contributed by atoms with Crippen LogP contribution in [0.4, 0.5) is 0 Å². The van der Waals surface area contributed by atoms with Gasteiger partial charge in [0.15, 0.2) is 0 Å². The quantitative estimate of drug-likeness (QED) is 0.218. The van der Waals surface area contributed by atoms with Gasteiger partial charge in [0.2, 0.25) is 0 Å². The van der Waals surface area contributed by atoms with E-state index in [2.05, 4.69) is 27.8 Å². The molecular formula is C14H36O6S2Si2Sn. The standard InChI is InChI=1S/2C6H16O3SSi.2CH3.Sn/c2*1-7-11(8-2,9-3)6-4-5-10;;;/h2*10H,4-6H2,1-3H3;2*1H3;/q;;;;+2/p-2. The van der Waals surface area contributed by atoms with Crippen LogP contribution in [0, 0.1) is 0 Å². The number of hydrogen-bond acceptors (Lipinski definition) is 8. The van der Waals surface area contributed by atoms with Gasteiger partial charge in [0.1, 0.15) is 0 Å². The van der Waals surface area contributed by atoms with Gasteiger partial charge < -0.3 is 0 Å². The minimum atomic E-state index is -2.41. The maximum atomic E-state index is 5.48. The molecule has 0 amide bonds. The zero-order chi connectivity index (χ0) is 19.4. The van der Waals surface area contributed by atoms with Gasteiger partial charge in [0.05, 0.1) is 0 Å². The molecule has 0 rings (SSSR count). The summed E-state index contributed by atoms with van der Waals surface area (Å²) in [6.07, 6.45) is 2.14. The zero-order valence-corrected chi connectivity index (χ0v) is 23.5. The number of hydrogen-bond donors (Lipinski definition) is 0. The third-order valence-corrected chi connectivity index (χ3v) is 32.2. The molecule has 0 aliphatic heterocycles. The average Bonchev–Trinajstić information content (AvgIpc) is 2.63. The summed E-state index contributed by atoms with van der Waals surface area (Å²) in [5, 5.41) is 0. The van der Waals surface area contributed by atoms with E-state index < -0.39 is 33.2 Å². The minimum absolute atomic E-state index is 0.875. The Kier molecular flexibility index (Phi) is 14.7. The summed E-state index contributed by atoms with van der Waals surface area (Å²) in [7, 11) is 9.57. The van der Waals surface area contributed by atoms with E-state index in [0.717, 1.165) is 36.4 Å². The van der Waals surface area contributed by atoms with Crippen LogP contribution in [0.3, 0.4) is 0 Å². The molecule has 25 heavy (non-hydrogen) atoms. The summed E-state index contributed by atoms with van der Waals surface area (Å²) in [6.45, 7) is 0. The fourth-order valence-corrected chi connectivity index (χ4v) is 24.6. The van der Waals surface area contributed by atoms with Crippen molar-refractivity contribution in [2.24, 2.45) is 0 Å². The predicted molar refractivity (Wildman–Crippen MR) is 115 cm³/mol. The van der Waals surface area contributed by atoms with E-state index in [0.29, 0.717) is 0 Å². The van der Waals surface area contributed by atoms with Gasteiger partial charge in [0, 0.05) is 0 Å². The fraction of sp³-hybridized carbons (Fsp3) is 1.00. The fourth-order valence-electron chi connectivity index (χ4n) is 2.37. The van der Waals surface area contributed by atoms with Crippen LogP contribution in [0.25, 0.3) is 0 Å². The first-order valence-corrected chi connectivity index (χ1v) is 26.9. The Morgan fingerprint density at radius 3 is 1.12 bits per heavy atom. The van der Waals surface area contributed by atoms with Crippen molar-refractivity contribution in [3.05, 3.63) is 0 Å². The van der Waals surface area contributed by atoms with Gasteiger partial charge in [-0.15, -0.1) is 0 Å². The third kappa shape index (κ3) is 10.2. The molecule has 0 atom stereocenters. The molecule has 11 heteroatoms. The van der Waals surface area contributed by atoms with Gasteiger partial charge in [-0.25, -0.2) is 0 Å². The summed E-state index contributed by atoms with van der Waals surface area (Å²) >= 11 is -2.11. The van der Waals surface area contributed by atoms with Crippen molar-refractivity contribution in [1.82, 2.24) is 0 Å². The van der Waals surface area contributed by atoms with Gasteiger partial charge in [0.25, 0.3) is 0 Å². The van der Waals surface area contributed by atoms with E-state index in [4.69, 9.17) is 26.6 Å². The number of rotatable bonds is 16. The summed E-state index contributed by atoms with van der Waals surface area (Å²) in [5.41, 5.74) is 0. The molecule has 0 radical (unpaired) electrons. The van der Waals surface area contributed by atoms with Crippen molar-refractivity contribution in [1.29, 1.82) is 0 Å². The Bertz CT molecular complexity index is 301. The molecule has 0 fully saturated rings. The van der Waals surface area contributed by atoms with Crippen LogP contribution >= 0.6 is 17.9 Å². The molecule has 0 bridgehead atoms. The van der Waals surface area contributed by atoms with Crippen molar-refractivity contribution in [3.63, 3.8) is 0 Å². The predicted octanol–water partition coefficient (Wildman–Crippen LogP) is 3.69. The molecule has 0 aromatic carbocycles. The van der Waals surface area contributed by atoms with Crippen LogP contribution in [-0.4, -0.2) is 87.4 Å². The SMILES string of the molecule is CO[Si](CCC[S][Sn]([CH3])([CH3])[S]CCC[Si](OC)(OC)OC)(OC)OC. The van der Waals surface area contributed by atoms with Gasteiger partial charge in [-0.05, 0) is 0 Å². The third-order valence-electron chi connectivity index (χ3n) is 4.02. The molecule has 152 valence electrons. The topological polar surface area (TPSA) is 55.4 Å².